The van der Waals surface area contributed by atoms with Crippen LogP contribution in [0, 0.1) is 0 Å². The number of hydrogen-bond donors (Lipinski definition) is 0. The lowest BCUT2D eigenvalue weighted by Gasteiger charge is -2.29. The third-order valence-corrected chi connectivity index (χ3v) is 7.34. The molecule has 0 spiro atoms. The van der Waals surface area contributed by atoms with Crippen LogP contribution in [0.2, 0.25) is 0 Å². The Bertz CT molecular complexity index is 1130. The molecule has 1 unspecified atom stereocenters. The topological polar surface area (TPSA) is 39.4 Å². The molecule has 1 aromatic heterocycles. The molecule has 2 heterocycles. The van der Waals surface area contributed by atoms with Crippen molar-refractivity contribution in [1.82, 2.24) is 0 Å². The van der Waals surface area contributed by atoms with Crippen LogP contribution in [-0.4, -0.2) is 6.61 Å². The summed E-state index contributed by atoms with van der Waals surface area (Å²) in [4.78, 5) is 14.1. The summed E-state index contributed by atoms with van der Waals surface area (Å²) in [7, 11) is 0. The third kappa shape index (κ3) is 4.80. The van der Waals surface area contributed by atoms with E-state index in [2.05, 4.69) is 26.0 Å². The second-order valence-corrected chi connectivity index (χ2v) is 9.42. The van der Waals surface area contributed by atoms with Gasteiger partial charge in [0.05, 0.1) is 22.1 Å². The van der Waals surface area contributed by atoms with Gasteiger partial charge in [-0.05, 0) is 30.5 Å². The molecule has 3 nitrogen and oxygen atoms in total. The van der Waals surface area contributed by atoms with Crippen LogP contribution >= 0.6 is 11.8 Å². The number of rotatable bonds is 10. The SMILES string of the molecule is CCCCCCCCOC1=C(CC)c2oc3ccccc3c(=O)c2SC1c1ccccc1. The first-order valence-corrected chi connectivity index (χ1v) is 12.8. The zero-order valence-electron chi connectivity index (χ0n) is 19.1. The summed E-state index contributed by atoms with van der Waals surface area (Å²) in [6.07, 6.45) is 8.12. The molecule has 0 saturated carbocycles. The minimum atomic E-state index is -0.0391. The van der Waals surface area contributed by atoms with Gasteiger partial charge in [0.1, 0.15) is 11.3 Å². The molecule has 4 rings (SSSR count). The predicted octanol–water partition coefficient (Wildman–Crippen LogP) is 8.14. The smallest absolute Gasteiger partial charge is 0.206 e. The molecule has 0 saturated heterocycles. The lowest BCUT2D eigenvalue weighted by atomic mass is 10.0. The van der Waals surface area contributed by atoms with Gasteiger partial charge in [-0.15, -0.1) is 11.8 Å². The second kappa shape index (κ2) is 10.9. The van der Waals surface area contributed by atoms with Gasteiger partial charge < -0.3 is 9.15 Å². The molecule has 32 heavy (non-hydrogen) atoms. The average molecular weight is 449 g/mol. The Labute approximate surface area is 194 Å². The predicted molar refractivity (Wildman–Crippen MR) is 134 cm³/mol. The molecule has 0 radical (unpaired) electrons. The van der Waals surface area contributed by atoms with Crippen LogP contribution in [-0.2, 0) is 4.74 Å². The highest BCUT2D eigenvalue weighted by atomic mass is 32.2. The summed E-state index contributed by atoms with van der Waals surface area (Å²) < 4.78 is 12.8. The van der Waals surface area contributed by atoms with Crippen LogP contribution in [0.4, 0.5) is 0 Å². The van der Waals surface area contributed by atoms with Crippen molar-refractivity contribution in [2.75, 3.05) is 6.61 Å². The minimum Gasteiger partial charge on any atom is -0.496 e. The molecule has 0 amide bonds. The Balaban J connectivity index is 1.69. The number of benzene rings is 2. The van der Waals surface area contributed by atoms with Gasteiger partial charge >= 0.3 is 0 Å². The molecule has 168 valence electrons. The summed E-state index contributed by atoms with van der Waals surface area (Å²) in [5.74, 6) is 1.63. The van der Waals surface area contributed by atoms with Gasteiger partial charge in [-0.3, -0.25) is 4.79 Å². The van der Waals surface area contributed by atoms with E-state index < -0.39 is 0 Å². The van der Waals surface area contributed by atoms with E-state index in [4.69, 9.17) is 9.15 Å². The van der Waals surface area contributed by atoms with E-state index in [1.165, 1.54) is 32.1 Å². The highest BCUT2D eigenvalue weighted by molar-refractivity contribution is 7.99. The van der Waals surface area contributed by atoms with Crippen LogP contribution in [0.5, 0.6) is 0 Å². The van der Waals surface area contributed by atoms with Crippen molar-refractivity contribution in [3.8, 4) is 0 Å². The molecule has 0 N–H and O–H groups in total. The molecule has 1 aliphatic rings. The molecule has 0 fully saturated rings. The van der Waals surface area contributed by atoms with E-state index in [0.29, 0.717) is 28.2 Å². The summed E-state index contributed by atoms with van der Waals surface area (Å²) in [6.45, 7) is 5.05. The monoisotopic (exact) mass is 448 g/mol. The quantitative estimate of drug-likeness (QED) is 0.293. The highest BCUT2D eigenvalue weighted by Gasteiger charge is 2.34. The van der Waals surface area contributed by atoms with Crippen LogP contribution < -0.4 is 5.43 Å². The maximum absolute atomic E-state index is 13.4. The van der Waals surface area contributed by atoms with Crippen molar-refractivity contribution >= 4 is 28.3 Å². The van der Waals surface area contributed by atoms with Gasteiger partial charge in [0.15, 0.2) is 5.76 Å². The zero-order chi connectivity index (χ0) is 22.3. The Morgan fingerprint density at radius 1 is 0.906 bits per heavy atom. The molecule has 1 atom stereocenters. The van der Waals surface area contributed by atoms with Crippen molar-refractivity contribution < 1.29 is 9.15 Å². The largest absolute Gasteiger partial charge is 0.496 e. The van der Waals surface area contributed by atoms with Gasteiger partial charge in [-0.1, -0.05) is 88.4 Å². The first-order valence-electron chi connectivity index (χ1n) is 11.9. The molecular weight excluding hydrogens is 416 g/mol. The maximum Gasteiger partial charge on any atom is 0.206 e. The number of para-hydroxylation sites is 1. The Kier molecular flexibility index (Phi) is 7.75. The molecular formula is C28H32O3S. The Morgan fingerprint density at radius 3 is 2.41 bits per heavy atom. The van der Waals surface area contributed by atoms with Gasteiger partial charge in [-0.25, -0.2) is 0 Å². The Morgan fingerprint density at radius 2 is 1.62 bits per heavy atom. The van der Waals surface area contributed by atoms with Gasteiger partial charge in [0, 0.05) is 5.57 Å². The number of hydrogen-bond acceptors (Lipinski definition) is 4. The number of fused-ring (bicyclic) bond motifs is 2. The fraction of sp³-hybridized carbons (Fsp3) is 0.393. The molecule has 0 bridgehead atoms. The number of ether oxygens (including phenoxy) is 1. The number of unbranched alkanes of at least 4 members (excludes halogenated alkanes) is 5. The summed E-state index contributed by atoms with van der Waals surface area (Å²) in [5, 5.41) is 0.597. The van der Waals surface area contributed by atoms with Gasteiger partial charge in [-0.2, -0.15) is 0 Å². The third-order valence-electron chi connectivity index (χ3n) is 6.01. The summed E-state index contributed by atoms with van der Waals surface area (Å²) in [6, 6.07) is 17.9. The molecule has 1 aliphatic heterocycles. The fourth-order valence-electron chi connectivity index (χ4n) is 4.28. The summed E-state index contributed by atoms with van der Waals surface area (Å²) in [5.41, 5.74) is 2.85. The minimum absolute atomic E-state index is 0.0391. The van der Waals surface area contributed by atoms with E-state index in [0.717, 1.165) is 29.7 Å². The number of allylic oxidation sites excluding steroid dienone is 1. The standard InChI is InChI=1S/C28H32O3S/c1-3-5-6-7-8-14-19-30-25-21(4-2)26-28(32-27(25)20-15-10-9-11-16-20)24(29)22-17-12-13-18-23(22)31-26/h9-13,15-18,27H,3-8,14,19H2,1-2H3. The highest BCUT2D eigenvalue weighted by Crippen LogP contribution is 2.50. The first-order chi connectivity index (χ1) is 15.7. The normalized spacial score (nSPS) is 15.8. The van der Waals surface area contributed by atoms with Crippen LogP contribution in [0.3, 0.4) is 0 Å². The fourth-order valence-corrected chi connectivity index (χ4v) is 5.62. The average Bonchev–Trinajstić information content (AvgIpc) is 2.83. The molecule has 4 heteroatoms. The first kappa shape index (κ1) is 22.7. The van der Waals surface area contributed by atoms with E-state index in [-0.39, 0.29) is 10.7 Å². The van der Waals surface area contributed by atoms with E-state index in [1.54, 1.807) is 11.8 Å². The van der Waals surface area contributed by atoms with Crippen molar-refractivity contribution in [3.05, 3.63) is 81.9 Å². The van der Waals surface area contributed by atoms with Crippen molar-refractivity contribution in [2.24, 2.45) is 0 Å². The molecule has 2 aromatic carbocycles. The lowest BCUT2D eigenvalue weighted by molar-refractivity contribution is 0.198. The number of thioether (sulfide) groups is 1. The maximum atomic E-state index is 13.4. The zero-order valence-corrected chi connectivity index (χ0v) is 19.9. The van der Waals surface area contributed by atoms with E-state index >= 15 is 0 Å². The van der Waals surface area contributed by atoms with Crippen molar-refractivity contribution in [2.45, 2.75) is 68.9 Å². The lowest BCUT2D eigenvalue weighted by Crippen LogP contribution is -2.17. The second-order valence-electron chi connectivity index (χ2n) is 8.31. The van der Waals surface area contributed by atoms with Crippen molar-refractivity contribution in [1.29, 1.82) is 0 Å². The van der Waals surface area contributed by atoms with E-state index in [1.807, 2.05) is 42.5 Å². The van der Waals surface area contributed by atoms with Crippen LogP contribution in [0.1, 0.15) is 75.4 Å². The summed E-state index contributed by atoms with van der Waals surface area (Å²) >= 11 is 1.56. The van der Waals surface area contributed by atoms with Gasteiger partial charge in [0.25, 0.3) is 0 Å². The van der Waals surface area contributed by atoms with Crippen LogP contribution in [0.25, 0.3) is 16.5 Å². The van der Waals surface area contributed by atoms with Crippen LogP contribution in [0.15, 0.2) is 74.5 Å². The molecule has 3 aromatic rings. The van der Waals surface area contributed by atoms with E-state index in [9.17, 15) is 4.79 Å². The molecule has 0 aliphatic carbocycles. The van der Waals surface area contributed by atoms with Crippen molar-refractivity contribution in [3.63, 3.8) is 0 Å². The Hall–Kier alpha value is -2.46. The van der Waals surface area contributed by atoms with Gasteiger partial charge in [0.2, 0.25) is 5.43 Å².